The Morgan fingerprint density at radius 3 is 2.52 bits per heavy atom. The zero-order valence-electron chi connectivity index (χ0n) is 19.2. The van der Waals surface area contributed by atoms with Crippen LogP contribution in [0.1, 0.15) is 62.0 Å². The number of carboxylic acid groups (broad SMARTS) is 1. The highest BCUT2D eigenvalue weighted by molar-refractivity contribution is 6.01. The first kappa shape index (κ1) is 22.9. The number of benzene rings is 1. The molecule has 0 spiro atoms. The molecule has 2 aromatic rings. The van der Waals surface area contributed by atoms with Crippen LogP contribution < -0.4 is 21.4 Å². The molecule has 1 saturated heterocycles. The van der Waals surface area contributed by atoms with E-state index in [9.17, 15) is 19.5 Å². The number of carboxylic acids is 1. The van der Waals surface area contributed by atoms with E-state index in [2.05, 4.69) is 5.32 Å². The van der Waals surface area contributed by atoms with Gasteiger partial charge in [0.05, 0.1) is 28.3 Å². The second-order valence-electron chi connectivity index (χ2n) is 9.82. The van der Waals surface area contributed by atoms with Crippen molar-refractivity contribution in [3.8, 4) is 0 Å². The van der Waals surface area contributed by atoms with Crippen molar-refractivity contribution in [3.63, 3.8) is 0 Å². The average molecular weight is 461 g/mol. The lowest BCUT2D eigenvalue weighted by molar-refractivity contribution is 0.0508. The average Bonchev–Trinajstić information content (AvgIpc) is 3.44. The van der Waals surface area contributed by atoms with E-state index in [0.29, 0.717) is 30.6 Å². The predicted molar refractivity (Wildman–Crippen MR) is 123 cm³/mol. The summed E-state index contributed by atoms with van der Waals surface area (Å²) < 4.78 is 22.6. The van der Waals surface area contributed by atoms with E-state index in [1.807, 2.05) is 0 Å². The first-order valence-electron chi connectivity index (χ1n) is 11.0. The number of hydrogen-bond donors (Lipinski definition) is 3. The van der Waals surface area contributed by atoms with Crippen LogP contribution in [0.2, 0.25) is 0 Å². The molecule has 10 heteroatoms. The van der Waals surface area contributed by atoms with Crippen LogP contribution in [0.25, 0.3) is 10.9 Å². The number of ether oxygens (including phenoxy) is 1. The molecule has 1 aromatic heterocycles. The van der Waals surface area contributed by atoms with Crippen molar-refractivity contribution in [2.75, 3.05) is 23.7 Å². The molecule has 0 radical (unpaired) electrons. The van der Waals surface area contributed by atoms with Gasteiger partial charge in [0.25, 0.3) is 0 Å². The zero-order chi connectivity index (χ0) is 24.2. The van der Waals surface area contributed by atoms with Gasteiger partial charge in [-0.15, -0.1) is 0 Å². The number of fused-ring (bicyclic) bond motifs is 1. The maximum Gasteiger partial charge on any atom is 0.407 e. The van der Waals surface area contributed by atoms with Gasteiger partial charge in [-0.3, -0.25) is 4.79 Å². The molecule has 1 saturated carbocycles. The fourth-order valence-corrected chi connectivity index (χ4v) is 4.50. The molecule has 2 fully saturated rings. The first-order chi connectivity index (χ1) is 15.4. The quantitative estimate of drug-likeness (QED) is 0.598. The van der Waals surface area contributed by atoms with Crippen LogP contribution in [-0.2, 0) is 4.74 Å². The van der Waals surface area contributed by atoms with Gasteiger partial charge in [-0.25, -0.2) is 14.0 Å². The summed E-state index contributed by atoms with van der Waals surface area (Å²) in [5, 5.41) is 12.2. The Kier molecular flexibility index (Phi) is 5.50. The lowest BCUT2D eigenvalue weighted by Crippen LogP contribution is -2.40. The van der Waals surface area contributed by atoms with Gasteiger partial charge >= 0.3 is 12.1 Å². The van der Waals surface area contributed by atoms with Gasteiger partial charge in [0.15, 0.2) is 5.82 Å². The van der Waals surface area contributed by atoms with Crippen molar-refractivity contribution >= 4 is 34.3 Å². The molecule has 1 aromatic carbocycles. The SMILES string of the molecule is Cc1c(N2CC[C@@H](NC(=O)OC(C)(C)C)C2)c(F)c(N)c2c(=O)c(C(=O)O)cn(C3CC3)c12. The van der Waals surface area contributed by atoms with Crippen LogP contribution >= 0.6 is 0 Å². The summed E-state index contributed by atoms with van der Waals surface area (Å²) in [6, 6.07) is -0.196. The van der Waals surface area contributed by atoms with Gasteiger partial charge in [0.2, 0.25) is 5.43 Å². The Bertz CT molecular complexity index is 1210. The topological polar surface area (TPSA) is 127 Å². The third-order valence-electron chi connectivity index (χ3n) is 6.06. The molecule has 9 nitrogen and oxygen atoms in total. The third kappa shape index (κ3) is 4.21. The second-order valence-corrected chi connectivity index (χ2v) is 9.82. The summed E-state index contributed by atoms with van der Waals surface area (Å²) in [5.74, 6) is -2.12. The molecule has 2 aliphatic rings. The monoisotopic (exact) mass is 460 g/mol. The molecule has 0 unspecified atom stereocenters. The number of nitrogens with two attached hydrogens (primary N) is 1. The van der Waals surface area contributed by atoms with Gasteiger partial charge < -0.3 is 30.4 Å². The van der Waals surface area contributed by atoms with E-state index in [4.69, 9.17) is 10.5 Å². The number of rotatable bonds is 4. The lowest BCUT2D eigenvalue weighted by Gasteiger charge is -2.26. The Morgan fingerprint density at radius 1 is 1.27 bits per heavy atom. The molecule has 4 rings (SSSR count). The van der Waals surface area contributed by atoms with E-state index in [-0.39, 0.29) is 28.8 Å². The first-order valence-corrected chi connectivity index (χ1v) is 11.0. The number of aryl methyl sites for hydroxylation is 1. The summed E-state index contributed by atoms with van der Waals surface area (Å²) >= 11 is 0. The van der Waals surface area contributed by atoms with Crippen LogP contribution in [0, 0.1) is 12.7 Å². The molecule has 178 valence electrons. The van der Waals surface area contributed by atoms with E-state index in [1.54, 1.807) is 37.2 Å². The maximum atomic E-state index is 15.5. The Balaban J connectivity index is 1.75. The molecule has 1 amide bonds. The molecular formula is C23H29FN4O5. The normalized spacial score (nSPS) is 18.6. The minimum absolute atomic E-state index is 0.0442. The Morgan fingerprint density at radius 2 is 1.94 bits per heavy atom. The van der Waals surface area contributed by atoms with Gasteiger partial charge in [0.1, 0.15) is 11.2 Å². The molecule has 1 aliphatic heterocycles. The largest absolute Gasteiger partial charge is 0.477 e. The molecule has 2 heterocycles. The number of aromatic carboxylic acids is 1. The van der Waals surface area contributed by atoms with Gasteiger partial charge in [0, 0.05) is 25.3 Å². The number of nitrogen functional groups attached to an aromatic ring is 1. The van der Waals surface area contributed by atoms with E-state index >= 15 is 4.39 Å². The number of aromatic nitrogens is 1. The summed E-state index contributed by atoms with van der Waals surface area (Å²) in [5.41, 5.74) is 5.17. The Hall–Kier alpha value is -3.30. The highest BCUT2D eigenvalue weighted by atomic mass is 19.1. The number of carbonyl (C=O) groups excluding carboxylic acids is 1. The summed E-state index contributed by atoms with van der Waals surface area (Å²) in [4.78, 5) is 38.5. The smallest absolute Gasteiger partial charge is 0.407 e. The van der Waals surface area contributed by atoms with Crippen molar-refractivity contribution < 1.29 is 23.8 Å². The lowest BCUT2D eigenvalue weighted by atomic mass is 10.0. The standard InChI is InChI=1S/C23H29FN4O5/c1-11-18-15(20(29)14(21(30)31)10-28(18)13-5-6-13)17(25)16(24)19(11)27-8-7-12(9-27)26-22(32)33-23(2,3)4/h10,12-13H,5-9,25H2,1-4H3,(H,26,32)(H,30,31)/t12-/m1/s1. The molecule has 0 bridgehead atoms. The number of alkyl carbamates (subject to hydrolysis) is 1. The highest BCUT2D eigenvalue weighted by Gasteiger charge is 2.34. The van der Waals surface area contributed by atoms with Crippen LogP contribution in [0.4, 0.5) is 20.6 Å². The van der Waals surface area contributed by atoms with E-state index in [1.165, 1.54) is 6.20 Å². The van der Waals surface area contributed by atoms with E-state index in [0.717, 1.165) is 12.8 Å². The fourth-order valence-electron chi connectivity index (χ4n) is 4.50. The molecule has 1 atom stereocenters. The molecular weight excluding hydrogens is 431 g/mol. The number of nitrogens with zero attached hydrogens (tertiary/aromatic N) is 2. The molecule has 4 N–H and O–H groups in total. The van der Waals surface area contributed by atoms with Crippen molar-refractivity contribution in [2.24, 2.45) is 0 Å². The minimum atomic E-state index is -1.37. The summed E-state index contributed by atoms with van der Waals surface area (Å²) in [6.45, 7) is 7.87. The number of pyridine rings is 1. The number of carbonyl (C=O) groups is 2. The van der Waals surface area contributed by atoms with Crippen molar-refractivity contribution in [3.05, 3.63) is 33.4 Å². The van der Waals surface area contributed by atoms with Gasteiger partial charge in [-0.2, -0.15) is 0 Å². The van der Waals surface area contributed by atoms with Crippen LogP contribution in [0.15, 0.2) is 11.0 Å². The van der Waals surface area contributed by atoms with E-state index < -0.39 is 34.5 Å². The number of nitrogens with one attached hydrogen (secondary N) is 1. The highest BCUT2D eigenvalue weighted by Crippen LogP contribution is 2.42. The van der Waals surface area contributed by atoms with Crippen LogP contribution in [-0.4, -0.2) is 46.5 Å². The Labute approximate surface area is 190 Å². The summed E-state index contributed by atoms with van der Waals surface area (Å²) in [7, 11) is 0. The van der Waals surface area contributed by atoms with Gasteiger partial charge in [-0.05, 0) is 52.5 Å². The zero-order valence-corrected chi connectivity index (χ0v) is 19.2. The van der Waals surface area contributed by atoms with Crippen molar-refractivity contribution in [1.82, 2.24) is 9.88 Å². The van der Waals surface area contributed by atoms with Gasteiger partial charge in [-0.1, -0.05) is 0 Å². The second kappa shape index (κ2) is 7.93. The number of hydrogen-bond acceptors (Lipinski definition) is 6. The minimum Gasteiger partial charge on any atom is -0.477 e. The predicted octanol–water partition coefficient (Wildman–Crippen LogP) is 3.17. The summed E-state index contributed by atoms with van der Waals surface area (Å²) in [6.07, 6.45) is 3.08. The van der Waals surface area contributed by atoms with Crippen molar-refractivity contribution in [1.29, 1.82) is 0 Å². The van der Waals surface area contributed by atoms with Crippen molar-refractivity contribution in [2.45, 2.75) is 64.6 Å². The fraction of sp³-hybridized carbons (Fsp3) is 0.522. The number of anilines is 2. The molecule has 33 heavy (non-hydrogen) atoms. The third-order valence-corrected chi connectivity index (χ3v) is 6.06. The maximum absolute atomic E-state index is 15.5. The van der Waals surface area contributed by atoms with Crippen LogP contribution in [0.3, 0.4) is 0 Å². The molecule has 1 aliphatic carbocycles. The van der Waals surface area contributed by atoms with Crippen LogP contribution in [0.5, 0.6) is 0 Å². The number of halogens is 1. The number of amides is 1.